The van der Waals surface area contributed by atoms with Crippen LogP contribution in [-0.4, -0.2) is 11.8 Å². The summed E-state index contributed by atoms with van der Waals surface area (Å²) in [7, 11) is 0. The summed E-state index contributed by atoms with van der Waals surface area (Å²) < 4.78 is 0. The molecule has 17 heavy (non-hydrogen) atoms. The molecular weight excluding hydrogens is 228 g/mol. The van der Waals surface area contributed by atoms with Gasteiger partial charge in [0.1, 0.15) is 0 Å². The number of nitrogens with one attached hydrogen (secondary N) is 1. The Labute approximate surface area is 108 Å². The lowest BCUT2D eigenvalue weighted by molar-refractivity contribution is 0.570. The molecule has 0 saturated carbocycles. The molecule has 0 aromatic heterocycles. The summed E-state index contributed by atoms with van der Waals surface area (Å²) in [5, 5.41) is 12.3. The zero-order valence-corrected chi connectivity index (χ0v) is 11.6. The maximum Gasteiger partial charge on any atom is 0.0935 e. The summed E-state index contributed by atoms with van der Waals surface area (Å²) in [5.74, 6) is 0. The fraction of sp³-hybridized carbons (Fsp3) is 0.500. The van der Waals surface area contributed by atoms with Crippen LogP contribution in [0.4, 0.5) is 0 Å². The highest BCUT2D eigenvalue weighted by Gasteiger charge is 2.07. The third kappa shape index (κ3) is 4.80. The Morgan fingerprint density at radius 2 is 2.18 bits per heavy atom. The fourth-order valence-electron chi connectivity index (χ4n) is 1.57. The molecule has 0 aliphatic carbocycles. The highest BCUT2D eigenvalue weighted by atomic mass is 32.2. The van der Waals surface area contributed by atoms with Crippen molar-refractivity contribution < 1.29 is 0 Å². The number of rotatable bonds is 6. The van der Waals surface area contributed by atoms with Crippen LogP contribution in [0.3, 0.4) is 0 Å². The van der Waals surface area contributed by atoms with E-state index in [1.54, 1.807) is 11.8 Å². The maximum absolute atomic E-state index is 8.81. The van der Waals surface area contributed by atoms with Crippen molar-refractivity contribution in [2.45, 2.75) is 43.4 Å². The molecule has 3 heteroatoms. The van der Waals surface area contributed by atoms with Crippen LogP contribution in [0.2, 0.25) is 0 Å². The van der Waals surface area contributed by atoms with Crippen LogP contribution in [0, 0.1) is 11.3 Å². The molecule has 1 aromatic carbocycles. The predicted octanol–water partition coefficient (Wildman–Crippen LogP) is 3.75. The molecule has 1 rings (SSSR count). The van der Waals surface area contributed by atoms with Gasteiger partial charge in [-0.05, 0) is 44.5 Å². The van der Waals surface area contributed by atoms with E-state index in [1.165, 1.54) is 10.5 Å². The molecule has 0 saturated heterocycles. The zero-order chi connectivity index (χ0) is 12.7. The quantitative estimate of drug-likeness (QED) is 0.779. The molecule has 0 aliphatic rings. The predicted molar refractivity (Wildman–Crippen MR) is 74.1 cm³/mol. The van der Waals surface area contributed by atoms with Crippen LogP contribution in [0.1, 0.15) is 38.8 Å². The van der Waals surface area contributed by atoms with E-state index in [0.29, 0.717) is 6.04 Å². The Hall–Kier alpha value is -0.980. The lowest BCUT2D eigenvalue weighted by Crippen LogP contribution is -2.19. The maximum atomic E-state index is 8.81. The van der Waals surface area contributed by atoms with Crippen LogP contribution in [-0.2, 0) is 0 Å². The van der Waals surface area contributed by atoms with Crippen molar-refractivity contribution in [1.29, 1.82) is 5.26 Å². The first kappa shape index (κ1) is 14.1. The minimum Gasteiger partial charge on any atom is -0.310 e. The number of hydrogen-bond acceptors (Lipinski definition) is 3. The molecule has 2 atom stereocenters. The molecule has 0 heterocycles. The van der Waals surface area contributed by atoms with Crippen molar-refractivity contribution in [3.8, 4) is 6.07 Å². The monoisotopic (exact) mass is 248 g/mol. The van der Waals surface area contributed by atoms with E-state index in [9.17, 15) is 0 Å². The number of nitriles is 1. The first-order chi connectivity index (χ1) is 8.17. The summed E-state index contributed by atoms with van der Waals surface area (Å²) >= 11 is 1.61. The van der Waals surface area contributed by atoms with Crippen molar-refractivity contribution in [3.05, 3.63) is 29.8 Å². The minimum atomic E-state index is 0.00385. The smallest absolute Gasteiger partial charge is 0.0935 e. The molecular formula is C14H20N2S. The highest BCUT2D eigenvalue weighted by Crippen LogP contribution is 2.25. The molecule has 0 aliphatic heterocycles. The van der Waals surface area contributed by atoms with E-state index in [1.807, 2.05) is 6.92 Å². The van der Waals surface area contributed by atoms with E-state index in [2.05, 4.69) is 49.5 Å². The van der Waals surface area contributed by atoms with Gasteiger partial charge in [-0.2, -0.15) is 5.26 Å². The van der Waals surface area contributed by atoms with Crippen LogP contribution in [0.15, 0.2) is 29.2 Å². The molecule has 2 unspecified atom stereocenters. The third-order valence-corrected chi connectivity index (χ3v) is 3.54. The number of benzene rings is 1. The Morgan fingerprint density at radius 1 is 1.41 bits per heavy atom. The Morgan fingerprint density at radius 3 is 2.82 bits per heavy atom. The fourth-order valence-corrected chi connectivity index (χ4v) is 2.39. The van der Waals surface area contributed by atoms with Gasteiger partial charge in [0.2, 0.25) is 0 Å². The summed E-state index contributed by atoms with van der Waals surface area (Å²) in [5.41, 5.74) is 1.29. The minimum absolute atomic E-state index is 0.00385. The zero-order valence-electron chi connectivity index (χ0n) is 10.7. The van der Waals surface area contributed by atoms with Crippen molar-refractivity contribution in [1.82, 2.24) is 5.32 Å². The van der Waals surface area contributed by atoms with E-state index in [-0.39, 0.29) is 5.25 Å². The molecule has 1 N–H and O–H groups in total. The van der Waals surface area contributed by atoms with E-state index in [0.717, 1.165) is 13.0 Å². The number of nitrogens with zero attached hydrogens (tertiary/aromatic N) is 1. The standard InChI is InChI=1S/C14H20N2S/c1-4-8-16-12(3)13-6-5-7-14(9-13)17-11(2)10-15/h5-7,9,11-12,16H,4,8H2,1-3H3. The lowest BCUT2D eigenvalue weighted by Gasteiger charge is -2.14. The second kappa shape index (κ2) is 7.37. The molecule has 0 radical (unpaired) electrons. The van der Waals surface area contributed by atoms with Gasteiger partial charge < -0.3 is 5.32 Å². The molecule has 1 aromatic rings. The van der Waals surface area contributed by atoms with Gasteiger partial charge in [0.05, 0.1) is 11.3 Å². The summed E-state index contributed by atoms with van der Waals surface area (Å²) in [6, 6.07) is 11.0. The van der Waals surface area contributed by atoms with Gasteiger partial charge >= 0.3 is 0 Å². The topological polar surface area (TPSA) is 35.8 Å². The van der Waals surface area contributed by atoms with Crippen molar-refractivity contribution >= 4 is 11.8 Å². The van der Waals surface area contributed by atoms with Crippen LogP contribution in [0.5, 0.6) is 0 Å². The van der Waals surface area contributed by atoms with E-state index >= 15 is 0 Å². The van der Waals surface area contributed by atoms with Gasteiger partial charge in [-0.1, -0.05) is 19.1 Å². The van der Waals surface area contributed by atoms with Crippen LogP contribution < -0.4 is 5.32 Å². The SMILES string of the molecule is CCCNC(C)c1cccc(SC(C)C#N)c1. The molecule has 0 spiro atoms. The molecule has 0 fully saturated rings. The lowest BCUT2D eigenvalue weighted by atomic mass is 10.1. The largest absolute Gasteiger partial charge is 0.310 e. The van der Waals surface area contributed by atoms with E-state index in [4.69, 9.17) is 5.26 Å². The van der Waals surface area contributed by atoms with Crippen LogP contribution >= 0.6 is 11.8 Å². The number of hydrogen-bond donors (Lipinski definition) is 1. The van der Waals surface area contributed by atoms with E-state index < -0.39 is 0 Å². The third-order valence-electron chi connectivity index (χ3n) is 2.55. The first-order valence-electron chi connectivity index (χ1n) is 6.07. The second-order valence-electron chi connectivity index (χ2n) is 4.14. The van der Waals surface area contributed by atoms with Crippen molar-refractivity contribution in [2.75, 3.05) is 6.54 Å². The van der Waals surface area contributed by atoms with Gasteiger partial charge in [0, 0.05) is 10.9 Å². The van der Waals surface area contributed by atoms with Gasteiger partial charge in [0.25, 0.3) is 0 Å². The van der Waals surface area contributed by atoms with Gasteiger partial charge in [-0.3, -0.25) is 0 Å². The average molecular weight is 248 g/mol. The number of thioether (sulfide) groups is 1. The van der Waals surface area contributed by atoms with Crippen molar-refractivity contribution in [2.24, 2.45) is 0 Å². The van der Waals surface area contributed by atoms with Gasteiger partial charge in [-0.25, -0.2) is 0 Å². The summed E-state index contributed by atoms with van der Waals surface area (Å²) in [6.07, 6.45) is 1.14. The van der Waals surface area contributed by atoms with Gasteiger partial charge in [0.15, 0.2) is 0 Å². The summed E-state index contributed by atoms with van der Waals surface area (Å²) in [6.45, 7) is 7.30. The average Bonchev–Trinajstić information content (AvgIpc) is 2.36. The Bertz CT molecular complexity index is 384. The normalized spacial score (nSPS) is 14.0. The van der Waals surface area contributed by atoms with Crippen LogP contribution in [0.25, 0.3) is 0 Å². The van der Waals surface area contributed by atoms with Crippen molar-refractivity contribution in [3.63, 3.8) is 0 Å². The van der Waals surface area contributed by atoms with Gasteiger partial charge in [-0.15, -0.1) is 11.8 Å². The molecule has 0 amide bonds. The Balaban J connectivity index is 2.68. The molecule has 92 valence electrons. The molecule has 2 nitrogen and oxygen atoms in total. The second-order valence-corrected chi connectivity index (χ2v) is 5.55. The Kier molecular flexibility index (Phi) is 6.10. The first-order valence-corrected chi connectivity index (χ1v) is 6.95. The summed E-state index contributed by atoms with van der Waals surface area (Å²) in [4.78, 5) is 1.17. The highest BCUT2D eigenvalue weighted by molar-refractivity contribution is 8.00. The molecule has 0 bridgehead atoms.